The second-order valence-corrected chi connectivity index (χ2v) is 8.88. The average Bonchev–Trinajstić information content (AvgIpc) is 3.26. The van der Waals surface area contributed by atoms with E-state index in [-0.39, 0.29) is 41.7 Å². The summed E-state index contributed by atoms with van der Waals surface area (Å²) >= 11 is 0. The van der Waals surface area contributed by atoms with Crippen molar-refractivity contribution in [3.8, 4) is 11.3 Å². The van der Waals surface area contributed by atoms with Crippen molar-refractivity contribution in [1.82, 2.24) is 34.4 Å². The van der Waals surface area contributed by atoms with Gasteiger partial charge in [-0.1, -0.05) is 12.1 Å². The maximum Gasteiger partial charge on any atom is 0.451 e. The molecule has 12 nitrogen and oxygen atoms in total. The number of amides is 2. The van der Waals surface area contributed by atoms with Gasteiger partial charge in [0.1, 0.15) is 18.2 Å². The van der Waals surface area contributed by atoms with Gasteiger partial charge in [-0.2, -0.15) is 13.2 Å². The van der Waals surface area contributed by atoms with E-state index in [9.17, 15) is 27.9 Å². The highest BCUT2D eigenvalue weighted by molar-refractivity contribution is 6.00. The molecule has 4 aromatic heterocycles. The summed E-state index contributed by atoms with van der Waals surface area (Å²) in [6.45, 7) is 1.37. The topological polar surface area (TPSA) is 142 Å². The van der Waals surface area contributed by atoms with Gasteiger partial charge in [-0.3, -0.25) is 19.5 Å². The van der Waals surface area contributed by atoms with Crippen molar-refractivity contribution in [2.24, 2.45) is 0 Å². The van der Waals surface area contributed by atoms with Gasteiger partial charge in [0.2, 0.25) is 18.1 Å². The zero-order valence-corrected chi connectivity index (χ0v) is 21.2. The van der Waals surface area contributed by atoms with Gasteiger partial charge in [0.15, 0.2) is 11.5 Å². The van der Waals surface area contributed by atoms with Crippen molar-refractivity contribution in [3.63, 3.8) is 0 Å². The van der Waals surface area contributed by atoms with Crippen LogP contribution in [0.3, 0.4) is 0 Å². The first-order chi connectivity index (χ1) is 19.0. The molecule has 0 spiro atoms. The lowest BCUT2D eigenvalue weighted by molar-refractivity contribution is -0.145. The first-order valence-corrected chi connectivity index (χ1v) is 11.9. The Morgan fingerprint density at radius 2 is 1.82 bits per heavy atom. The molecule has 0 saturated carbocycles. The van der Waals surface area contributed by atoms with Crippen molar-refractivity contribution in [2.45, 2.75) is 32.5 Å². The lowest BCUT2D eigenvalue weighted by atomic mass is 10.2. The van der Waals surface area contributed by atoms with Gasteiger partial charge in [-0.05, 0) is 31.2 Å². The molecule has 1 unspecified atom stereocenters. The van der Waals surface area contributed by atoms with Crippen molar-refractivity contribution in [1.29, 1.82) is 0 Å². The molecule has 15 heteroatoms. The molecule has 0 radical (unpaired) electrons. The summed E-state index contributed by atoms with van der Waals surface area (Å²) in [6, 6.07) is 9.84. The molecule has 206 valence electrons. The zero-order valence-electron chi connectivity index (χ0n) is 21.2. The van der Waals surface area contributed by atoms with Crippen molar-refractivity contribution in [2.75, 3.05) is 17.3 Å². The van der Waals surface area contributed by atoms with E-state index in [4.69, 9.17) is 0 Å². The van der Waals surface area contributed by atoms with Crippen LogP contribution < -0.4 is 10.2 Å². The number of aryl methyl sites for hydroxylation is 1. The second kappa shape index (κ2) is 10.3. The van der Waals surface area contributed by atoms with E-state index >= 15 is 0 Å². The van der Waals surface area contributed by atoms with Gasteiger partial charge in [0.05, 0.1) is 17.9 Å². The van der Waals surface area contributed by atoms with E-state index in [1.807, 2.05) is 0 Å². The minimum atomic E-state index is -4.67. The molecule has 0 aliphatic carbocycles. The molecule has 1 aliphatic heterocycles. The number of carbonyl (C=O) groups is 2. The van der Waals surface area contributed by atoms with E-state index in [1.54, 1.807) is 44.4 Å². The number of alkyl halides is 3. The van der Waals surface area contributed by atoms with Crippen LogP contribution in [-0.2, 0) is 24.1 Å². The number of carbonyl (C=O) groups excluding carboxylic acids is 2. The standard InChI is InChI=1S/C25H22F3N9O3/c1-14-32-21-20(22(39)37(24(40)35(21)2)12-16-6-3-4-9-29-16)36(14)13-19(38)34-18-8-5-7-17(33-18)15-10-30-23(31-11-15)25(26,27)28/h3-11,24,40H,12-13H2,1-2H3,(H,33,34,38). The lowest BCUT2D eigenvalue weighted by Gasteiger charge is -2.38. The van der Waals surface area contributed by atoms with Gasteiger partial charge >= 0.3 is 6.18 Å². The third-order valence-corrected chi connectivity index (χ3v) is 6.14. The number of pyridine rings is 2. The first-order valence-electron chi connectivity index (χ1n) is 11.9. The summed E-state index contributed by atoms with van der Waals surface area (Å²) in [5, 5.41) is 13.4. The summed E-state index contributed by atoms with van der Waals surface area (Å²) in [6.07, 6.45) is -2.39. The maximum absolute atomic E-state index is 13.5. The monoisotopic (exact) mass is 553 g/mol. The van der Waals surface area contributed by atoms with Crippen LogP contribution in [-0.4, -0.2) is 64.7 Å². The van der Waals surface area contributed by atoms with E-state index < -0.39 is 30.2 Å². The van der Waals surface area contributed by atoms with Gasteiger partial charge in [-0.15, -0.1) is 0 Å². The molecule has 5 heterocycles. The zero-order chi connectivity index (χ0) is 28.6. The fourth-order valence-electron chi connectivity index (χ4n) is 4.18. The molecule has 0 aromatic carbocycles. The largest absolute Gasteiger partial charge is 0.451 e. The molecule has 2 amide bonds. The predicted molar refractivity (Wildman–Crippen MR) is 134 cm³/mol. The molecule has 5 rings (SSSR count). The lowest BCUT2D eigenvalue weighted by Crippen LogP contribution is -2.54. The summed E-state index contributed by atoms with van der Waals surface area (Å²) < 4.78 is 39.7. The summed E-state index contributed by atoms with van der Waals surface area (Å²) in [7, 11) is 1.58. The Kier molecular flexibility index (Phi) is 6.89. The number of hydrogen-bond donors (Lipinski definition) is 2. The van der Waals surface area contributed by atoms with Crippen molar-refractivity contribution >= 4 is 23.5 Å². The number of anilines is 2. The Hall–Kier alpha value is -4.92. The van der Waals surface area contributed by atoms with Gasteiger partial charge in [0, 0.05) is 31.2 Å². The molecule has 2 N–H and O–H groups in total. The Labute approximate surface area is 225 Å². The van der Waals surface area contributed by atoms with Crippen LogP contribution in [0, 0.1) is 6.92 Å². The fraction of sp³-hybridized carbons (Fsp3) is 0.240. The molecule has 0 bridgehead atoms. The number of halogens is 3. The van der Waals surface area contributed by atoms with E-state index in [0.29, 0.717) is 11.5 Å². The molecule has 4 aromatic rings. The van der Waals surface area contributed by atoms with Crippen LogP contribution in [0.4, 0.5) is 24.8 Å². The molecular weight excluding hydrogens is 531 g/mol. The Morgan fingerprint density at radius 3 is 2.50 bits per heavy atom. The van der Waals surface area contributed by atoms with Gasteiger partial charge in [0.25, 0.3) is 5.91 Å². The van der Waals surface area contributed by atoms with Gasteiger partial charge in [-0.25, -0.2) is 19.9 Å². The quantitative estimate of drug-likeness (QED) is 0.368. The molecule has 0 fully saturated rings. The molecular formula is C25H22F3N9O3. The summed E-state index contributed by atoms with van der Waals surface area (Å²) in [5.41, 5.74) is 1.17. The highest BCUT2D eigenvalue weighted by Crippen LogP contribution is 2.31. The maximum atomic E-state index is 13.5. The summed E-state index contributed by atoms with van der Waals surface area (Å²) in [5.74, 6) is -1.61. The minimum Gasteiger partial charge on any atom is -0.356 e. The van der Waals surface area contributed by atoms with Crippen LogP contribution in [0.2, 0.25) is 0 Å². The average molecular weight is 554 g/mol. The smallest absolute Gasteiger partial charge is 0.356 e. The molecule has 40 heavy (non-hydrogen) atoms. The van der Waals surface area contributed by atoms with Crippen molar-refractivity contribution < 1.29 is 27.9 Å². The normalized spacial score (nSPS) is 15.2. The Bertz CT molecular complexity index is 1560. The number of rotatable bonds is 6. The summed E-state index contributed by atoms with van der Waals surface area (Å²) in [4.78, 5) is 48.6. The number of fused-ring (bicyclic) bond motifs is 1. The third kappa shape index (κ3) is 5.18. The van der Waals surface area contributed by atoms with Crippen LogP contribution in [0.1, 0.15) is 27.8 Å². The fourth-order valence-corrected chi connectivity index (χ4v) is 4.18. The molecule has 0 saturated heterocycles. The Morgan fingerprint density at radius 1 is 1.07 bits per heavy atom. The number of aliphatic hydroxyl groups is 1. The Balaban J connectivity index is 1.35. The number of nitrogens with zero attached hydrogens (tertiary/aromatic N) is 8. The predicted octanol–water partition coefficient (Wildman–Crippen LogP) is 2.46. The number of imidazole rings is 1. The van der Waals surface area contributed by atoms with Crippen LogP contribution in [0.15, 0.2) is 55.0 Å². The van der Waals surface area contributed by atoms with Crippen LogP contribution >= 0.6 is 0 Å². The van der Waals surface area contributed by atoms with E-state index in [1.165, 1.54) is 26.5 Å². The first kappa shape index (κ1) is 26.7. The SMILES string of the molecule is Cc1nc2c(n1CC(=O)Nc1cccc(-c3cnc(C(F)(F)F)nc3)n1)C(=O)N(Cc1ccccn1)C(O)N2C. The van der Waals surface area contributed by atoms with Crippen LogP contribution in [0.25, 0.3) is 11.3 Å². The number of aromatic nitrogens is 6. The highest BCUT2D eigenvalue weighted by Gasteiger charge is 2.40. The third-order valence-electron chi connectivity index (χ3n) is 6.14. The highest BCUT2D eigenvalue weighted by atomic mass is 19.4. The number of hydrogen-bond acceptors (Lipinski definition) is 9. The van der Waals surface area contributed by atoms with Gasteiger partial charge < -0.3 is 19.9 Å². The van der Waals surface area contributed by atoms with Crippen LogP contribution in [0.5, 0.6) is 0 Å². The molecule has 1 atom stereocenters. The second-order valence-electron chi connectivity index (χ2n) is 8.88. The van der Waals surface area contributed by atoms with Crippen molar-refractivity contribution in [3.05, 3.63) is 78.0 Å². The van der Waals surface area contributed by atoms with E-state index in [2.05, 4.69) is 30.2 Å². The minimum absolute atomic E-state index is 0.0332. The van der Waals surface area contributed by atoms with E-state index in [0.717, 1.165) is 12.4 Å². The number of nitrogens with one attached hydrogen (secondary N) is 1. The number of aliphatic hydroxyl groups excluding tert-OH is 1. The molecule has 1 aliphatic rings.